The van der Waals surface area contributed by atoms with Gasteiger partial charge in [-0.1, -0.05) is 35.4 Å². The average Bonchev–Trinajstić information content (AvgIpc) is 2.61. The number of carbonyl (C=O) groups is 1. The molecule has 0 unspecified atom stereocenters. The maximum Gasteiger partial charge on any atom is 0.152 e. The number of carbonyl (C=O) groups excluding carboxylic acids is 1. The van der Waals surface area contributed by atoms with Crippen molar-refractivity contribution in [1.82, 2.24) is 0 Å². The molecule has 0 saturated carbocycles. The number of aryl methyl sites for hydroxylation is 3. The highest BCUT2D eigenvalue weighted by atomic mass is 16.1. The van der Waals surface area contributed by atoms with Crippen molar-refractivity contribution in [2.24, 2.45) is 0 Å². The van der Waals surface area contributed by atoms with Crippen LogP contribution in [0.4, 0.5) is 22.7 Å². The lowest BCUT2D eigenvalue weighted by molar-refractivity contribution is 0.112. The van der Waals surface area contributed by atoms with E-state index in [0.717, 1.165) is 34.6 Å². The van der Waals surface area contributed by atoms with E-state index < -0.39 is 0 Å². The van der Waals surface area contributed by atoms with Crippen molar-refractivity contribution in [2.75, 3.05) is 10.6 Å². The predicted octanol–water partition coefficient (Wildman–Crippen LogP) is 5.91. The molecule has 2 N–H and O–H groups in total. The monoisotopic (exact) mass is 330 g/mol. The number of hydrogen-bond acceptors (Lipinski definition) is 3. The Morgan fingerprint density at radius 3 is 1.64 bits per heavy atom. The molecule has 0 amide bonds. The quantitative estimate of drug-likeness (QED) is 0.571. The van der Waals surface area contributed by atoms with Crippen LogP contribution in [-0.4, -0.2) is 6.29 Å². The van der Waals surface area contributed by atoms with Gasteiger partial charge in [-0.15, -0.1) is 0 Å². The van der Waals surface area contributed by atoms with Gasteiger partial charge in [-0.25, -0.2) is 0 Å². The second-order valence-corrected chi connectivity index (χ2v) is 6.35. The number of nitrogens with one attached hydrogen (secondary N) is 2. The Hall–Kier alpha value is -3.07. The van der Waals surface area contributed by atoms with Gasteiger partial charge in [-0.2, -0.15) is 0 Å². The van der Waals surface area contributed by atoms with Crippen LogP contribution in [0.3, 0.4) is 0 Å². The van der Waals surface area contributed by atoms with Crippen molar-refractivity contribution in [1.29, 1.82) is 0 Å². The Bertz CT molecular complexity index is 881. The van der Waals surface area contributed by atoms with Gasteiger partial charge in [-0.3, -0.25) is 4.79 Å². The van der Waals surface area contributed by atoms with E-state index in [1.807, 2.05) is 55.5 Å². The van der Waals surface area contributed by atoms with Gasteiger partial charge in [0.25, 0.3) is 0 Å². The summed E-state index contributed by atoms with van der Waals surface area (Å²) < 4.78 is 0. The molecule has 3 aromatic carbocycles. The van der Waals surface area contributed by atoms with Crippen LogP contribution in [0.2, 0.25) is 0 Å². The summed E-state index contributed by atoms with van der Waals surface area (Å²) in [6, 6.07) is 20.2. The highest BCUT2D eigenvalue weighted by Gasteiger charge is 2.08. The van der Waals surface area contributed by atoms with E-state index in [1.165, 1.54) is 11.1 Å². The third kappa shape index (κ3) is 4.07. The molecule has 25 heavy (non-hydrogen) atoms. The molecule has 0 heterocycles. The van der Waals surface area contributed by atoms with Crippen LogP contribution in [0.25, 0.3) is 0 Å². The molecule has 126 valence electrons. The van der Waals surface area contributed by atoms with Crippen LogP contribution in [0.5, 0.6) is 0 Å². The molecule has 0 aromatic heterocycles. The summed E-state index contributed by atoms with van der Waals surface area (Å²) in [6.07, 6.45) is 0.885. The summed E-state index contributed by atoms with van der Waals surface area (Å²) in [4.78, 5) is 11.6. The Morgan fingerprint density at radius 1 is 0.680 bits per heavy atom. The zero-order chi connectivity index (χ0) is 17.8. The van der Waals surface area contributed by atoms with E-state index in [9.17, 15) is 4.79 Å². The number of aldehydes is 1. The van der Waals surface area contributed by atoms with Crippen LogP contribution in [0, 0.1) is 20.8 Å². The van der Waals surface area contributed by atoms with Gasteiger partial charge in [0.05, 0.1) is 0 Å². The van der Waals surface area contributed by atoms with Gasteiger partial charge in [-0.05, 0) is 62.7 Å². The van der Waals surface area contributed by atoms with E-state index in [-0.39, 0.29) is 0 Å². The summed E-state index contributed by atoms with van der Waals surface area (Å²) in [6.45, 7) is 6.15. The topological polar surface area (TPSA) is 41.1 Å². The van der Waals surface area contributed by atoms with Gasteiger partial charge in [0.2, 0.25) is 0 Å². The molecule has 0 aliphatic rings. The van der Waals surface area contributed by atoms with Gasteiger partial charge < -0.3 is 10.6 Å². The van der Waals surface area contributed by atoms with Crippen LogP contribution >= 0.6 is 0 Å². The van der Waals surface area contributed by atoms with Crippen LogP contribution < -0.4 is 10.6 Å². The summed E-state index contributed by atoms with van der Waals surface area (Å²) in [5.74, 6) is 0. The second kappa shape index (κ2) is 7.22. The average molecular weight is 330 g/mol. The SMILES string of the molecule is Cc1ccc(Nc2cc(C=O)c(Nc3ccc(C)cc3)cc2C)cc1. The van der Waals surface area contributed by atoms with E-state index in [4.69, 9.17) is 0 Å². The molecule has 3 heteroatoms. The lowest BCUT2D eigenvalue weighted by Gasteiger charge is -2.15. The Labute approximate surface area is 148 Å². The van der Waals surface area contributed by atoms with Crippen LogP contribution in [0.15, 0.2) is 60.7 Å². The second-order valence-electron chi connectivity index (χ2n) is 6.35. The Kier molecular flexibility index (Phi) is 4.85. The van der Waals surface area contributed by atoms with Crippen LogP contribution in [-0.2, 0) is 0 Å². The van der Waals surface area contributed by atoms with Crippen LogP contribution in [0.1, 0.15) is 27.0 Å². The highest BCUT2D eigenvalue weighted by Crippen LogP contribution is 2.29. The molecule has 0 aliphatic heterocycles. The fraction of sp³-hybridized carbons (Fsp3) is 0.136. The molecule has 3 aromatic rings. The fourth-order valence-electron chi connectivity index (χ4n) is 2.65. The molecule has 0 radical (unpaired) electrons. The summed E-state index contributed by atoms with van der Waals surface area (Å²) >= 11 is 0. The maximum absolute atomic E-state index is 11.6. The molecule has 0 saturated heterocycles. The maximum atomic E-state index is 11.6. The third-order valence-electron chi connectivity index (χ3n) is 4.18. The summed E-state index contributed by atoms with van der Waals surface area (Å²) in [5, 5.41) is 6.72. The molecule has 0 fully saturated rings. The third-order valence-corrected chi connectivity index (χ3v) is 4.18. The van der Waals surface area contributed by atoms with Gasteiger partial charge >= 0.3 is 0 Å². The first kappa shape index (κ1) is 16.8. The van der Waals surface area contributed by atoms with Crippen molar-refractivity contribution >= 4 is 29.0 Å². The predicted molar refractivity (Wildman–Crippen MR) is 105 cm³/mol. The van der Waals surface area contributed by atoms with Gasteiger partial charge in [0, 0.05) is 28.3 Å². The fourth-order valence-corrected chi connectivity index (χ4v) is 2.65. The van der Waals surface area contributed by atoms with Crippen molar-refractivity contribution in [3.8, 4) is 0 Å². The molecule has 3 nitrogen and oxygen atoms in total. The normalized spacial score (nSPS) is 10.4. The largest absolute Gasteiger partial charge is 0.355 e. The molecule has 0 spiro atoms. The molecular weight excluding hydrogens is 308 g/mol. The van der Waals surface area contributed by atoms with E-state index in [0.29, 0.717) is 5.56 Å². The number of anilines is 4. The van der Waals surface area contributed by atoms with Crippen molar-refractivity contribution in [3.05, 3.63) is 82.9 Å². The standard InChI is InChI=1S/C22H22N2O/c1-15-4-8-19(9-5-15)23-21-13-18(14-25)22(12-17(21)3)24-20-10-6-16(2)7-11-20/h4-14,23-24H,1-3H3. The van der Waals surface area contributed by atoms with Crippen molar-refractivity contribution in [2.45, 2.75) is 20.8 Å². The summed E-state index contributed by atoms with van der Waals surface area (Å²) in [7, 11) is 0. The molecule has 0 bridgehead atoms. The Balaban J connectivity index is 1.88. The number of rotatable bonds is 5. The van der Waals surface area contributed by atoms with E-state index in [1.54, 1.807) is 0 Å². The molecule has 0 atom stereocenters. The minimum absolute atomic E-state index is 0.626. The van der Waals surface area contributed by atoms with Gasteiger partial charge in [0.1, 0.15) is 0 Å². The molecular formula is C22H22N2O. The lowest BCUT2D eigenvalue weighted by Crippen LogP contribution is -2.00. The first-order valence-electron chi connectivity index (χ1n) is 8.32. The van der Waals surface area contributed by atoms with Crippen molar-refractivity contribution in [3.63, 3.8) is 0 Å². The smallest absolute Gasteiger partial charge is 0.152 e. The van der Waals surface area contributed by atoms with Crippen molar-refractivity contribution < 1.29 is 4.79 Å². The molecule has 0 aliphatic carbocycles. The minimum atomic E-state index is 0.626. The summed E-state index contributed by atoms with van der Waals surface area (Å²) in [5.41, 5.74) is 7.83. The first-order chi connectivity index (χ1) is 12.0. The zero-order valence-corrected chi connectivity index (χ0v) is 14.8. The minimum Gasteiger partial charge on any atom is -0.355 e. The Morgan fingerprint density at radius 2 is 1.16 bits per heavy atom. The zero-order valence-electron chi connectivity index (χ0n) is 14.8. The van der Waals surface area contributed by atoms with E-state index in [2.05, 4.69) is 36.6 Å². The first-order valence-corrected chi connectivity index (χ1v) is 8.32. The molecule has 3 rings (SSSR count). The lowest BCUT2D eigenvalue weighted by atomic mass is 10.1. The number of benzene rings is 3. The van der Waals surface area contributed by atoms with Gasteiger partial charge in [0.15, 0.2) is 6.29 Å². The highest BCUT2D eigenvalue weighted by molar-refractivity contribution is 5.89. The number of hydrogen-bond donors (Lipinski definition) is 2. The van der Waals surface area contributed by atoms with E-state index >= 15 is 0 Å².